The second kappa shape index (κ2) is 7.60. The lowest BCUT2D eigenvalue weighted by atomic mass is 10.1. The molecule has 21 heavy (non-hydrogen) atoms. The Balaban J connectivity index is 1.97. The van der Waals surface area contributed by atoms with Crippen molar-refractivity contribution in [3.05, 3.63) is 35.4 Å². The molecule has 3 heteroatoms. The first kappa shape index (κ1) is 16.0. The molecule has 0 bridgehead atoms. The number of carbonyl (C=O) groups excluding carboxylic acids is 1. The maximum absolute atomic E-state index is 12.3. The highest BCUT2D eigenvalue weighted by Gasteiger charge is 2.30. The molecule has 3 nitrogen and oxygen atoms in total. The number of benzene rings is 1. The summed E-state index contributed by atoms with van der Waals surface area (Å²) in [5.41, 5.74) is 2.68. The summed E-state index contributed by atoms with van der Waals surface area (Å²) >= 11 is 0. The molecule has 0 spiro atoms. The summed E-state index contributed by atoms with van der Waals surface area (Å²) in [6.07, 6.45) is 3.55. The fraction of sp³-hybridized carbons (Fsp3) is 0.611. The van der Waals surface area contributed by atoms with Crippen LogP contribution in [0.4, 0.5) is 0 Å². The molecule has 0 heterocycles. The zero-order chi connectivity index (χ0) is 15.2. The van der Waals surface area contributed by atoms with Gasteiger partial charge in [0.15, 0.2) is 0 Å². The minimum Gasteiger partial charge on any atom is -0.342 e. The van der Waals surface area contributed by atoms with Crippen LogP contribution in [0, 0.1) is 0 Å². The number of aryl methyl sites for hydroxylation is 1. The predicted octanol–water partition coefficient (Wildman–Crippen LogP) is 3.08. The highest BCUT2D eigenvalue weighted by Crippen LogP contribution is 2.28. The SMILES string of the molecule is CCc1ccc(CN(CC(=O)N(CC)CC)C2CC2)cc1. The van der Waals surface area contributed by atoms with E-state index in [1.807, 2.05) is 18.7 Å². The van der Waals surface area contributed by atoms with Gasteiger partial charge in [0.25, 0.3) is 0 Å². The predicted molar refractivity (Wildman–Crippen MR) is 87.2 cm³/mol. The lowest BCUT2D eigenvalue weighted by molar-refractivity contribution is -0.132. The van der Waals surface area contributed by atoms with Crippen molar-refractivity contribution in [2.24, 2.45) is 0 Å². The Morgan fingerprint density at radius 1 is 1.05 bits per heavy atom. The third-order valence-electron chi connectivity index (χ3n) is 4.33. The lowest BCUT2D eigenvalue weighted by Gasteiger charge is -2.26. The Kier molecular flexibility index (Phi) is 5.80. The summed E-state index contributed by atoms with van der Waals surface area (Å²) < 4.78 is 0. The average molecular weight is 288 g/mol. The molecule has 1 aromatic carbocycles. The van der Waals surface area contributed by atoms with E-state index in [1.54, 1.807) is 0 Å². The molecule has 116 valence electrons. The quantitative estimate of drug-likeness (QED) is 0.734. The van der Waals surface area contributed by atoms with Gasteiger partial charge in [-0.15, -0.1) is 0 Å². The second-order valence-electron chi connectivity index (χ2n) is 5.87. The van der Waals surface area contributed by atoms with E-state index in [2.05, 4.69) is 36.1 Å². The van der Waals surface area contributed by atoms with Crippen LogP contribution < -0.4 is 0 Å². The first-order valence-corrected chi connectivity index (χ1v) is 8.27. The van der Waals surface area contributed by atoms with Gasteiger partial charge in [0.2, 0.25) is 5.91 Å². The van der Waals surface area contributed by atoms with Crippen LogP contribution in [0.1, 0.15) is 44.7 Å². The van der Waals surface area contributed by atoms with Gasteiger partial charge in [-0.1, -0.05) is 31.2 Å². The third-order valence-corrected chi connectivity index (χ3v) is 4.33. The van der Waals surface area contributed by atoms with Gasteiger partial charge in [0, 0.05) is 25.7 Å². The van der Waals surface area contributed by atoms with Gasteiger partial charge in [-0.3, -0.25) is 9.69 Å². The fourth-order valence-corrected chi connectivity index (χ4v) is 2.72. The van der Waals surface area contributed by atoms with Crippen LogP contribution >= 0.6 is 0 Å². The van der Waals surface area contributed by atoms with Crippen molar-refractivity contribution < 1.29 is 4.79 Å². The lowest BCUT2D eigenvalue weighted by Crippen LogP contribution is -2.40. The summed E-state index contributed by atoms with van der Waals surface area (Å²) in [6.45, 7) is 9.33. The number of amides is 1. The first-order chi connectivity index (χ1) is 10.2. The summed E-state index contributed by atoms with van der Waals surface area (Å²) in [5.74, 6) is 0.261. The molecule has 1 saturated carbocycles. The summed E-state index contributed by atoms with van der Waals surface area (Å²) in [7, 11) is 0. The summed E-state index contributed by atoms with van der Waals surface area (Å²) in [5, 5.41) is 0. The number of likely N-dealkylation sites (N-methyl/N-ethyl adjacent to an activating group) is 1. The van der Waals surface area contributed by atoms with Crippen LogP contribution in [0.2, 0.25) is 0 Å². The van der Waals surface area contributed by atoms with Crippen LogP contribution in [-0.2, 0) is 17.8 Å². The molecule has 0 aromatic heterocycles. The Morgan fingerprint density at radius 3 is 2.10 bits per heavy atom. The third kappa shape index (κ3) is 4.57. The normalized spacial score (nSPS) is 14.5. The molecular formula is C18H28N2O. The van der Waals surface area contributed by atoms with Crippen LogP contribution in [0.5, 0.6) is 0 Å². The van der Waals surface area contributed by atoms with E-state index in [1.165, 1.54) is 24.0 Å². The van der Waals surface area contributed by atoms with Crippen molar-refractivity contribution >= 4 is 5.91 Å². The molecule has 0 unspecified atom stereocenters. The molecule has 0 aliphatic heterocycles. The Bertz CT molecular complexity index is 447. The van der Waals surface area contributed by atoms with Crippen molar-refractivity contribution in [3.8, 4) is 0 Å². The van der Waals surface area contributed by atoms with Crippen LogP contribution in [0.25, 0.3) is 0 Å². The zero-order valence-electron chi connectivity index (χ0n) is 13.6. The van der Waals surface area contributed by atoms with Crippen molar-refractivity contribution in [1.82, 2.24) is 9.80 Å². The molecule has 1 aliphatic carbocycles. The molecule has 2 rings (SSSR count). The average Bonchev–Trinajstić information content (AvgIpc) is 3.33. The van der Waals surface area contributed by atoms with E-state index in [0.717, 1.165) is 26.1 Å². The molecule has 0 saturated heterocycles. The number of hydrogen-bond acceptors (Lipinski definition) is 2. The molecule has 1 fully saturated rings. The van der Waals surface area contributed by atoms with E-state index < -0.39 is 0 Å². The van der Waals surface area contributed by atoms with Crippen molar-refractivity contribution in [3.63, 3.8) is 0 Å². The second-order valence-corrected chi connectivity index (χ2v) is 5.87. The molecule has 0 atom stereocenters. The van der Waals surface area contributed by atoms with E-state index >= 15 is 0 Å². The van der Waals surface area contributed by atoms with Crippen molar-refractivity contribution in [1.29, 1.82) is 0 Å². The number of hydrogen-bond donors (Lipinski definition) is 0. The number of carbonyl (C=O) groups is 1. The topological polar surface area (TPSA) is 23.6 Å². The maximum atomic E-state index is 12.3. The van der Waals surface area contributed by atoms with Gasteiger partial charge in [0.05, 0.1) is 6.54 Å². The monoisotopic (exact) mass is 288 g/mol. The Labute approximate surface area is 128 Å². The zero-order valence-corrected chi connectivity index (χ0v) is 13.6. The number of nitrogens with zero attached hydrogens (tertiary/aromatic N) is 2. The van der Waals surface area contributed by atoms with Gasteiger partial charge >= 0.3 is 0 Å². The molecule has 0 radical (unpaired) electrons. The van der Waals surface area contributed by atoms with Gasteiger partial charge in [-0.2, -0.15) is 0 Å². The maximum Gasteiger partial charge on any atom is 0.236 e. The first-order valence-electron chi connectivity index (χ1n) is 8.27. The Morgan fingerprint density at radius 2 is 1.62 bits per heavy atom. The molecule has 1 aromatic rings. The highest BCUT2D eigenvalue weighted by molar-refractivity contribution is 5.78. The number of rotatable bonds is 8. The summed E-state index contributed by atoms with van der Waals surface area (Å²) in [6, 6.07) is 9.42. The largest absolute Gasteiger partial charge is 0.342 e. The Hall–Kier alpha value is -1.35. The van der Waals surface area contributed by atoms with Crippen LogP contribution in [0.3, 0.4) is 0 Å². The minimum absolute atomic E-state index is 0.261. The van der Waals surface area contributed by atoms with Gasteiger partial charge in [-0.25, -0.2) is 0 Å². The minimum atomic E-state index is 0.261. The summed E-state index contributed by atoms with van der Waals surface area (Å²) in [4.78, 5) is 16.6. The highest BCUT2D eigenvalue weighted by atomic mass is 16.2. The van der Waals surface area contributed by atoms with E-state index in [0.29, 0.717) is 12.6 Å². The smallest absolute Gasteiger partial charge is 0.236 e. The van der Waals surface area contributed by atoms with Gasteiger partial charge in [0.1, 0.15) is 0 Å². The molecule has 1 aliphatic rings. The van der Waals surface area contributed by atoms with Crippen LogP contribution in [-0.4, -0.2) is 41.4 Å². The standard InChI is InChI=1S/C18H28N2O/c1-4-15-7-9-16(10-8-15)13-20(17-11-12-17)14-18(21)19(5-2)6-3/h7-10,17H,4-6,11-14H2,1-3H3. The van der Waals surface area contributed by atoms with Crippen molar-refractivity contribution in [2.75, 3.05) is 19.6 Å². The van der Waals surface area contributed by atoms with E-state index in [9.17, 15) is 4.79 Å². The molecular weight excluding hydrogens is 260 g/mol. The van der Waals surface area contributed by atoms with E-state index in [-0.39, 0.29) is 5.91 Å². The van der Waals surface area contributed by atoms with Crippen LogP contribution in [0.15, 0.2) is 24.3 Å². The molecule has 0 N–H and O–H groups in total. The van der Waals surface area contributed by atoms with E-state index in [4.69, 9.17) is 0 Å². The van der Waals surface area contributed by atoms with Gasteiger partial charge < -0.3 is 4.90 Å². The van der Waals surface area contributed by atoms with Crippen molar-refractivity contribution in [2.45, 2.75) is 52.6 Å². The fourth-order valence-electron chi connectivity index (χ4n) is 2.72. The molecule has 1 amide bonds. The van der Waals surface area contributed by atoms with Gasteiger partial charge in [-0.05, 0) is 44.2 Å².